The molecule has 0 bridgehead atoms. The summed E-state index contributed by atoms with van der Waals surface area (Å²) in [6, 6.07) is 3.29. The molecule has 1 aliphatic rings. The van der Waals surface area contributed by atoms with E-state index in [0.717, 1.165) is 19.3 Å². The van der Waals surface area contributed by atoms with E-state index in [4.69, 9.17) is 0 Å². The van der Waals surface area contributed by atoms with Crippen LogP contribution < -0.4 is 10.9 Å². The monoisotopic (exact) mass is 289 g/mol. The zero-order valence-corrected chi connectivity index (χ0v) is 11.7. The van der Waals surface area contributed by atoms with Gasteiger partial charge in [-0.1, -0.05) is 0 Å². The first kappa shape index (κ1) is 13.1. The summed E-state index contributed by atoms with van der Waals surface area (Å²) < 4.78 is 0. The molecule has 0 saturated heterocycles. The average molecular weight is 289 g/mol. The van der Waals surface area contributed by atoms with Gasteiger partial charge in [-0.2, -0.15) is 11.3 Å². The van der Waals surface area contributed by atoms with Crippen molar-refractivity contribution in [2.45, 2.75) is 25.2 Å². The largest absolute Gasteiger partial charge is 0.350 e. The molecule has 104 valence electrons. The van der Waals surface area contributed by atoms with Crippen LogP contribution in [0.1, 0.15) is 40.6 Å². The molecule has 2 heterocycles. The van der Waals surface area contributed by atoms with Gasteiger partial charge < -0.3 is 10.3 Å². The van der Waals surface area contributed by atoms with E-state index < -0.39 is 0 Å². The Kier molecular flexibility index (Phi) is 3.64. The Balaban J connectivity index is 1.63. The van der Waals surface area contributed by atoms with Crippen LogP contribution in [0.25, 0.3) is 0 Å². The van der Waals surface area contributed by atoms with Crippen molar-refractivity contribution in [1.29, 1.82) is 0 Å². The molecule has 5 nitrogen and oxygen atoms in total. The number of amides is 1. The van der Waals surface area contributed by atoms with E-state index in [9.17, 15) is 9.59 Å². The summed E-state index contributed by atoms with van der Waals surface area (Å²) in [6.07, 6.45) is 2.85. The first-order valence-corrected chi connectivity index (χ1v) is 7.57. The second-order valence-electron chi connectivity index (χ2n) is 4.93. The molecule has 1 fully saturated rings. The Hall–Kier alpha value is -1.95. The average Bonchev–Trinajstić information content (AvgIpc) is 3.16. The second-order valence-corrected chi connectivity index (χ2v) is 5.71. The van der Waals surface area contributed by atoms with Gasteiger partial charge in [-0.3, -0.25) is 9.59 Å². The molecular formula is C14H15N3O2S. The van der Waals surface area contributed by atoms with Gasteiger partial charge in [0.05, 0.1) is 0 Å². The van der Waals surface area contributed by atoms with Crippen molar-refractivity contribution in [2.75, 3.05) is 6.54 Å². The quantitative estimate of drug-likeness (QED) is 0.879. The van der Waals surface area contributed by atoms with Crippen LogP contribution in [0, 0.1) is 0 Å². The van der Waals surface area contributed by atoms with Crippen LogP contribution in [0.3, 0.4) is 0 Å². The SMILES string of the molecule is O=C(NCCc1ccsc1)c1cc(=O)[nH]c(C2CC2)n1. The molecule has 2 N–H and O–H groups in total. The van der Waals surface area contributed by atoms with Crippen molar-refractivity contribution < 1.29 is 4.79 Å². The van der Waals surface area contributed by atoms with E-state index in [1.54, 1.807) is 11.3 Å². The molecule has 20 heavy (non-hydrogen) atoms. The summed E-state index contributed by atoms with van der Waals surface area (Å²) in [7, 11) is 0. The predicted octanol–water partition coefficient (Wildman–Crippen LogP) is 1.68. The number of hydrogen-bond donors (Lipinski definition) is 2. The van der Waals surface area contributed by atoms with E-state index in [1.807, 2.05) is 11.4 Å². The van der Waals surface area contributed by atoms with E-state index in [2.05, 4.69) is 20.7 Å². The molecule has 3 rings (SSSR count). The number of aromatic nitrogens is 2. The zero-order valence-electron chi connectivity index (χ0n) is 10.9. The van der Waals surface area contributed by atoms with Gasteiger partial charge in [0.2, 0.25) is 0 Å². The number of carbonyl (C=O) groups is 1. The lowest BCUT2D eigenvalue weighted by Crippen LogP contribution is -2.28. The molecule has 1 amide bonds. The molecule has 1 saturated carbocycles. The Morgan fingerprint density at radius 3 is 3.05 bits per heavy atom. The number of nitrogens with zero attached hydrogens (tertiary/aromatic N) is 1. The van der Waals surface area contributed by atoms with Crippen LogP contribution in [-0.4, -0.2) is 22.4 Å². The maximum atomic E-state index is 12.0. The minimum Gasteiger partial charge on any atom is -0.350 e. The number of rotatable bonds is 5. The van der Waals surface area contributed by atoms with Crippen molar-refractivity contribution in [3.05, 3.63) is 50.3 Å². The summed E-state index contributed by atoms with van der Waals surface area (Å²) in [5.41, 5.74) is 1.15. The number of aromatic amines is 1. The molecule has 6 heteroatoms. The Bertz CT molecular complexity index is 659. The predicted molar refractivity (Wildman–Crippen MR) is 77.2 cm³/mol. The molecule has 0 unspecified atom stereocenters. The number of H-pyrrole nitrogens is 1. The summed E-state index contributed by atoms with van der Waals surface area (Å²) in [5, 5.41) is 6.87. The lowest BCUT2D eigenvalue weighted by molar-refractivity contribution is 0.0948. The van der Waals surface area contributed by atoms with Gasteiger partial charge in [0.15, 0.2) is 0 Å². The number of carbonyl (C=O) groups excluding carboxylic acids is 1. The fourth-order valence-corrected chi connectivity index (χ4v) is 2.69. The van der Waals surface area contributed by atoms with Gasteiger partial charge in [-0.05, 0) is 41.7 Å². The van der Waals surface area contributed by atoms with Crippen LogP contribution in [-0.2, 0) is 6.42 Å². The molecule has 0 radical (unpaired) electrons. The van der Waals surface area contributed by atoms with Crippen LogP contribution in [0.2, 0.25) is 0 Å². The molecule has 0 atom stereocenters. The van der Waals surface area contributed by atoms with Crippen molar-refractivity contribution in [3.63, 3.8) is 0 Å². The third kappa shape index (κ3) is 3.14. The van der Waals surface area contributed by atoms with E-state index >= 15 is 0 Å². The minimum absolute atomic E-state index is 0.209. The van der Waals surface area contributed by atoms with Crippen LogP contribution >= 0.6 is 11.3 Å². The highest BCUT2D eigenvalue weighted by Gasteiger charge is 2.27. The first-order valence-electron chi connectivity index (χ1n) is 6.63. The molecule has 2 aromatic heterocycles. The molecule has 1 aliphatic carbocycles. The summed E-state index contributed by atoms with van der Waals surface area (Å²) in [5.74, 6) is 0.676. The number of nitrogens with one attached hydrogen (secondary N) is 2. The van der Waals surface area contributed by atoms with E-state index in [1.165, 1.54) is 11.6 Å². The number of hydrogen-bond acceptors (Lipinski definition) is 4. The van der Waals surface area contributed by atoms with Gasteiger partial charge in [-0.25, -0.2) is 4.98 Å². The number of thiophene rings is 1. The molecule has 0 aliphatic heterocycles. The lowest BCUT2D eigenvalue weighted by atomic mass is 10.2. The van der Waals surface area contributed by atoms with E-state index in [-0.39, 0.29) is 17.2 Å². The van der Waals surface area contributed by atoms with Crippen molar-refractivity contribution in [2.24, 2.45) is 0 Å². The fourth-order valence-electron chi connectivity index (χ4n) is 1.99. The van der Waals surface area contributed by atoms with Gasteiger partial charge in [0.1, 0.15) is 11.5 Å². The normalized spacial score (nSPS) is 14.2. The highest BCUT2D eigenvalue weighted by atomic mass is 32.1. The van der Waals surface area contributed by atoms with Gasteiger partial charge in [0.25, 0.3) is 11.5 Å². The summed E-state index contributed by atoms with van der Waals surface area (Å²) >= 11 is 1.64. The third-order valence-corrected chi connectivity index (χ3v) is 3.97. The maximum absolute atomic E-state index is 12.0. The lowest BCUT2D eigenvalue weighted by Gasteiger charge is -2.05. The van der Waals surface area contributed by atoms with Crippen molar-refractivity contribution >= 4 is 17.2 Å². The highest BCUT2D eigenvalue weighted by molar-refractivity contribution is 7.07. The van der Waals surface area contributed by atoms with Crippen LogP contribution in [0.4, 0.5) is 0 Å². The first-order chi connectivity index (χ1) is 9.72. The van der Waals surface area contributed by atoms with Gasteiger partial charge >= 0.3 is 0 Å². The molecule has 0 aromatic carbocycles. The maximum Gasteiger partial charge on any atom is 0.270 e. The van der Waals surface area contributed by atoms with Crippen LogP contribution in [0.15, 0.2) is 27.7 Å². The van der Waals surface area contributed by atoms with Gasteiger partial charge in [-0.15, -0.1) is 0 Å². The smallest absolute Gasteiger partial charge is 0.270 e. The highest BCUT2D eigenvalue weighted by Crippen LogP contribution is 2.37. The topological polar surface area (TPSA) is 74.8 Å². The second kappa shape index (κ2) is 5.58. The molecular weight excluding hydrogens is 274 g/mol. The molecule has 0 spiro atoms. The van der Waals surface area contributed by atoms with E-state index in [0.29, 0.717) is 18.3 Å². The summed E-state index contributed by atoms with van der Waals surface area (Å²) in [4.78, 5) is 30.5. The Morgan fingerprint density at radius 1 is 1.50 bits per heavy atom. The molecule has 2 aromatic rings. The van der Waals surface area contributed by atoms with Crippen molar-refractivity contribution in [1.82, 2.24) is 15.3 Å². The van der Waals surface area contributed by atoms with Crippen molar-refractivity contribution in [3.8, 4) is 0 Å². The Labute approximate surface area is 120 Å². The summed E-state index contributed by atoms with van der Waals surface area (Å²) in [6.45, 7) is 0.544. The Morgan fingerprint density at radius 2 is 2.35 bits per heavy atom. The minimum atomic E-state index is -0.284. The van der Waals surface area contributed by atoms with Crippen LogP contribution in [0.5, 0.6) is 0 Å². The van der Waals surface area contributed by atoms with Gasteiger partial charge in [0, 0.05) is 18.5 Å². The standard InChI is InChI=1S/C14H15N3O2S/c18-12-7-11(16-13(17-12)10-1-2-10)14(19)15-5-3-9-4-6-20-8-9/h4,6-8,10H,1-3,5H2,(H,15,19)(H,16,17,18). The zero-order chi connectivity index (χ0) is 13.9. The fraction of sp³-hybridized carbons (Fsp3) is 0.357. The third-order valence-electron chi connectivity index (χ3n) is 3.24.